The molecule has 0 bridgehead atoms. The Hall–Kier alpha value is -3.84. The van der Waals surface area contributed by atoms with E-state index in [1.807, 2.05) is 33.8 Å². The van der Waals surface area contributed by atoms with Crippen molar-refractivity contribution in [1.82, 2.24) is 0 Å². The van der Waals surface area contributed by atoms with Gasteiger partial charge in [-0.1, -0.05) is 58.2 Å². The lowest BCUT2D eigenvalue weighted by atomic mass is 9.80. The molecule has 39 heavy (non-hydrogen) atoms. The summed E-state index contributed by atoms with van der Waals surface area (Å²) in [5, 5.41) is 25.1. The molecule has 0 saturated carbocycles. The van der Waals surface area contributed by atoms with Gasteiger partial charge in [0.1, 0.15) is 11.5 Å². The summed E-state index contributed by atoms with van der Waals surface area (Å²) in [7, 11) is 0. The molecule has 0 heterocycles. The van der Waals surface area contributed by atoms with Crippen LogP contribution >= 0.6 is 11.8 Å². The highest BCUT2D eigenvalue weighted by atomic mass is 32.2. The summed E-state index contributed by atoms with van der Waals surface area (Å²) in [5.74, 6) is -1.24. The molecule has 0 aromatic heterocycles. The van der Waals surface area contributed by atoms with Gasteiger partial charge in [0.25, 0.3) is 5.91 Å². The zero-order chi connectivity index (χ0) is 28.6. The van der Waals surface area contributed by atoms with Crippen LogP contribution < -0.4 is 5.32 Å². The third-order valence-corrected chi connectivity index (χ3v) is 7.53. The second-order valence-electron chi connectivity index (χ2n) is 10.8. The number of nitrogens with one attached hydrogen (secondary N) is 1. The fraction of sp³-hybridized carbons (Fsp3) is 0.281. The molecule has 4 rings (SSSR count). The van der Waals surface area contributed by atoms with Crippen molar-refractivity contribution in [3.05, 3.63) is 88.0 Å². The second-order valence-corrected chi connectivity index (χ2v) is 12.0. The lowest BCUT2D eigenvalue weighted by molar-refractivity contribution is -0.112. The predicted molar refractivity (Wildman–Crippen MR) is 154 cm³/mol. The lowest BCUT2D eigenvalue weighted by Crippen LogP contribution is -2.23. The SMILES string of the molecule is C=C(C)C(=O)Nc1cccc(Sc2cc(CC(C)C)c(O)c3c2C(=O)c2c(ccc(CC(C)C)c2O)C3=O)c1. The van der Waals surface area contributed by atoms with Crippen molar-refractivity contribution in [2.24, 2.45) is 11.8 Å². The maximum atomic E-state index is 14.0. The molecule has 0 spiro atoms. The van der Waals surface area contributed by atoms with Crippen LogP contribution in [0.3, 0.4) is 0 Å². The number of aromatic hydroxyl groups is 2. The first-order chi connectivity index (χ1) is 18.4. The van der Waals surface area contributed by atoms with E-state index < -0.39 is 11.6 Å². The van der Waals surface area contributed by atoms with E-state index in [4.69, 9.17) is 0 Å². The Balaban J connectivity index is 1.88. The van der Waals surface area contributed by atoms with Crippen LogP contribution in [0.5, 0.6) is 11.5 Å². The number of ketones is 2. The molecule has 6 nitrogen and oxygen atoms in total. The Morgan fingerprint density at radius 3 is 2.15 bits per heavy atom. The smallest absolute Gasteiger partial charge is 0.250 e. The maximum Gasteiger partial charge on any atom is 0.250 e. The zero-order valence-corrected chi connectivity index (χ0v) is 23.7. The van der Waals surface area contributed by atoms with Crippen LogP contribution in [0.15, 0.2) is 64.4 Å². The van der Waals surface area contributed by atoms with E-state index in [2.05, 4.69) is 11.9 Å². The molecular weight excluding hydrogens is 510 g/mol. The van der Waals surface area contributed by atoms with Crippen LogP contribution in [-0.4, -0.2) is 27.7 Å². The van der Waals surface area contributed by atoms with E-state index in [-0.39, 0.29) is 51.5 Å². The summed E-state index contributed by atoms with van der Waals surface area (Å²) in [6.45, 7) is 13.3. The Morgan fingerprint density at radius 1 is 0.872 bits per heavy atom. The molecule has 1 aliphatic carbocycles. The third-order valence-electron chi connectivity index (χ3n) is 6.49. The summed E-state index contributed by atoms with van der Waals surface area (Å²) in [6, 6.07) is 12.1. The summed E-state index contributed by atoms with van der Waals surface area (Å²) >= 11 is 1.26. The van der Waals surface area contributed by atoms with Gasteiger partial charge in [-0.05, 0) is 73.1 Å². The molecule has 0 saturated heterocycles. The number of amides is 1. The molecule has 1 amide bonds. The fourth-order valence-electron chi connectivity index (χ4n) is 4.74. The van der Waals surface area contributed by atoms with Crippen LogP contribution in [0.25, 0.3) is 0 Å². The summed E-state index contributed by atoms with van der Waals surface area (Å²) in [4.78, 5) is 41.1. The third kappa shape index (κ3) is 5.64. The first-order valence-corrected chi connectivity index (χ1v) is 13.8. The minimum absolute atomic E-state index is 0.0222. The maximum absolute atomic E-state index is 14.0. The van der Waals surface area contributed by atoms with Gasteiger partial charge >= 0.3 is 0 Å². The van der Waals surface area contributed by atoms with Gasteiger partial charge in [-0.15, -0.1) is 0 Å². The number of rotatable bonds is 8. The van der Waals surface area contributed by atoms with Gasteiger partial charge in [0.15, 0.2) is 11.6 Å². The van der Waals surface area contributed by atoms with Crippen molar-refractivity contribution in [3.63, 3.8) is 0 Å². The average molecular weight is 544 g/mol. The van der Waals surface area contributed by atoms with Crippen molar-refractivity contribution in [1.29, 1.82) is 0 Å². The fourth-order valence-corrected chi connectivity index (χ4v) is 5.83. The van der Waals surface area contributed by atoms with Gasteiger partial charge in [0.05, 0.1) is 16.7 Å². The van der Waals surface area contributed by atoms with Crippen molar-refractivity contribution in [3.8, 4) is 11.5 Å². The molecule has 0 fully saturated rings. The monoisotopic (exact) mass is 543 g/mol. The molecule has 3 N–H and O–H groups in total. The first-order valence-electron chi connectivity index (χ1n) is 13.0. The van der Waals surface area contributed by atoms with Crippen LogP contribution in [0, 0.1) is 11.8 Å². The Kier molecular flexibility index (Phi) is 8.02. The molecule has 0 aliphatic heterocycles. The Labute approximate surface area is 233 Å². The van der Waals surface area contributed by atoms with E-state index in [0.717, 1.165) is 4.90 Å². The summed E-state index contributed by atoms with van der Waals surface area (Å²) in [6.07, 6.45) is 1.06. The van der Waals surface area contributed by atoms with E-state index in [0.29, 0.717) is 40.1 Å². The minimum Gasteiger partial charge on any atom is -0.507 e. The molecule has 3 aromatic rings. The number of phenolic OH excluding ortho intramolecular Hbond substituents is 2. The van der Waals surface area contributed by atoms with Crippen molar-refractivity contribution >= 4 is 34.9 Å². The minimum atomic E-state index is -0.497. The topological polar surface area (TPSA) is 104 Å². The van der Waals surface area contributed by atoms with Crippen LogP contribution in [0.4, 0.5) is 5.69 Å². The molecule has 0 unspecified atom stereocenters. The normalized spacial score (nSPS) is 12.5. The molecular formula is C32H33NO5S. The van der Waals surface area contributed by atoms with Gasteiger partial charge in [-0.3, -0.25) is 14.4 Å². The highest BCUT2D eigenvalue weighted by Gasteiger charge is 2.38. The number of carbonyl (C=O) groups is 3. The van der Waals surface area contributed by atoms with E-state index >= 15 is 0 Å². The zero-order valence-electron chi connectivity index (χ0n) is 22.8. The summed E-state index contributed by atoms with van der Waals surface area (Å²) < 4.78 is 0. The molecule has 7 heteroatoms. The molecule has 0 radical (unpaired) electrons. The number of hydrogen-bond acceptors (Lipinski definition) is 6. The van der Waals surface area contributed by atoms with Gasteiger partial charge in [-0.2, -0.15) is 0 Å². The number of fused-ring (bicyclic) bond motifs is 2. The molecule has 1 aliphatic rings. The number of carbonyl (C=O) groups excluding carboxylic acids is 3. The molecule has 202 valence electrons. The number of hydrogen-bond donors (Lipinski definition) is 3. The van der Waals surface area contributed by atoms with Crippen molar-refractivity contribution in [2.45, 2.75) is 57.3 Å². The van der Waals surface area contributed by atoms with Crippen molar-refractivity contribution in [2.75, 3.05) is 5.32 Å². The number of anilines is 1. The van der Waals surface area contributed by atoms with Gasteiger partial charge < -0.3 is 15.5 Å². The van der Waals surface area contributed by atoms with Gasteiger partial charge in [-0.25, -0.2) is 0 Å². The lowest BCUT2D eigenvalue weighted by Gasteiger charge is -2.25. The number of benzene rings is 3. The van der Waals surface area contributed by atoms with Crippen LogP contribution in [0.2, 0.25) is 0 Å². The van der Waals surface area contributed by atoms with Crippen molar-refractivity contribution < 1.29 is 24.6 Å². The largest absolute Gasteiger partial charge is 0.507 e. The Bertz CT molecular complexity index is 1520. The van der Waals surface area contributed by atoms with Crippen LogP contribution in [0.1, 0.15) is 77.6 Å². The quantitative estimate of drug-likeness (QED) is 0.208. The van der Waals surface area contributed by atoms with E-state index in [1.54, 1.807) is 43.3 Å². The number of phenols is 2. The summed E-state index contributed by atoms with van der Waals surface area (Å²) in [5.41, 5.74) is 2.23. The van der Waals surface area contributed by atoms with Crippen LogP contribution in [-0.2, 0) is 17.6 Å². The first kappa shape index (κ1) is 28.2. The highest BCUT2D eigenvalue weighted by molar-refractivity contribution is 7.99. The highest BCUT2D eigenvalue weighted by Crippen LogP contribution is 2.45. The van der Waals surface area contributed by atoms with Gasteiger partial charge in [0, 0.05) is 26.6 Å². The molecule has 3 aromatic carbocycles. The standard InChI is InChI=1S/C32H33NO5S/c1-16(2)12-19-10-11-23-25(28(19)34)31(37)26-24(14-20(13-17(3)4)29(35)27(26)30(23)36)39-22-9-7-8-21(15-22)33-32(38)18(5)6/h7-11,14-17,34-35H,5,12-13H2,1-4,6H3,(H,33,38). The van der Waals surface area contributed by atoms with Gasteiger partial charge in [0.2, 0.25) is 0 Å². The average Bonchev–Trinajstić information content (AvgIpc) is 2.85. The van der Waals surface area contributed by atoms with E-state index in [9.17, 15) is 24.6 Å². The Morgan fingerprint density at radius 2 is 1.51 bits per heavy atom. The predicted octanol–water partition coefficient (Wildman–Crippen LogP) is 6.94. The molecule has 0 atom stereocenters. The second kappa shape index (κ2) is 11.1. The van der Waals surface area contributed by atoms with E-state index in [1.165, 1.54) is 11.8 Å².